The van der Waals surface area contributed by atoms with Gasteiger partial charge < -0.3 is 10.0 Å². The molecule has 104 valence electrons. The Bertz CT molecular complexity index is 463. The number of nitrogens with zero attached hydrogens (tertiary/aromatic N) is 4. The molecule has 1 aromatic heterocycles. The summed E-state index contributed by atoms with van der Waals surface area (Å²) >= 11 is 5.81. The van der Waals surface area contributed by atoms with Crippen LogP contribution in [-0.2, 0) is 0 Å². The first-order chi connectivity index (χ1) is 9.10. The van der Waals surface area contributed by atoms with Crippen molar-refractivity contribution in [3.05, 3.63) is 27.4 Å². The number of aliphatic hydroxyl groups excluding tert-OH is 1. The zero-order valence-corrected chi connectivity index (χ0v) is 11.1. The van der Waals surface area contributed by atoms with Gasteiger partial charge in [0, 0.05) is 32.7 Å². The first-order valence-corrected chi connectivity index (χ1v) is 6.38. The topological polar surface area (TPSA) is 82.7 Å². The monoisotopic (exact) mass is 286 g/mol. The van der Waals surface area contributed by atoms with E-state index in [9.17, 15) is 10.1 Å². The van der Waals surface area contributed by atoms with Gasteiger partial charge in [-0.05, 0) is 0 Å². The van der Waals surface area contributed by atoms with Crippen LogP contribution in [0.25, 0.3) is 0 Å². The summed E-state index contributed by atoms with van der Waals surface area (Å²) in [6, 6.07) is 2.68. The molecule has 0 unspecified atom stereocenters. The van der Waals surface area contributed by atoms with Gasteiger partial charge in [-0.1, -0.05) is 11.6 Å². The molecule has 0 aromatic carbocycles. The fourth-order valence-electron chi connectivity index (χ4n) is 2.08. The van der Waals surface area contributed by atoms with Crippen LogP contribution in [0.15, 0.2) is 12.1 Å². The van der Waals surface area contributed by atoms with Crippen molar-refractivity contribution >= 4 is 23.1 Å². The summed E-state index contributed by atoms with van der Waals surface area (Å²) in [5.74, 6) is 0.530. The van der Waals surface area contributed by atoms with Gasteiger partial charge in [0.1, 0.15) is 11.0 Å². The van der Waals surface area contributed by atoms with E-state index in [0.717, 1.165) is 13.1 Å². The molecule has 0 atom stereocenters. The molecule has 8 heteroatoms. The minimum atomic E-state index is -0.473. The van der Waals surface area contributed by atoms with Crippen LogP contribution in [0.2, 0.25) is 5.15 Å². The Morgan fingerprint density at radius 3 is 2.63 bits per heavy atom. The molecule has 1 N–H and O–H groups in total. The van der Waals surface area contributed by atoms with Gasteiger partial charge >= 0.3 is 0 Å². The molecular weight excluding hydrogens is 272 g/mol. The standard InChI is InChI=1S/C11H15ClN4O3/c12-10-7-9(16(18)19)8-11(13-10)15-3-1-14(2-4-15)5-6-17/h7-8,17H,1-6H2. The van der Waals surface area contributed by atoms with Crippen molar-refractivity contribution in [1.82, 2.24) is 9.88 Å². The molecular formula is C11H15ClN4O3. The van der Waals surface area contributed by atoms with Gasteiger partial charge in [0.25, 0.3) is 5.69 Å². The maximum Gasteiger partial charge on any atom is 0.276 e. The number of pyridine rings is 1. The molecule has 0 saturated carbocycles. The van der Waals surface area contributed by atoms with E-state index in [0.29, 0.717) is 25.5 Å². The number of piperazine rings is 1. The summed E-state index contributed by atoms with van der Waals surface area (Å²) in [5.41, 5.74) is -0.0483. The molecule has 1 aliphatic heterocycles. The molecule has 0 radical (unpaired) electrons. The minimum absolute atomic E-state index is 0.0483. The van der Waals surface area contributed by atoms with E-state index >= 15 is 0 Å². The largest absolute Gasteiger partial charge is 0.395 e. The van der Waals surface area contributed by atoms with Crippen molar-refractivity contribution < 1.29 is 10.0 Å². The molecule has 7 nitrogen and oxygen atoms in total. The third-order valence-electron chi connectivity index (χ3n) is 3.09. The molecule has 1 aromatic rings. The smallest absolute Gasteiger partial charge is 0.276 e. The van der Waals surface area contributed by atoms with Crippen molar-refractivity contribution in [2.24, 2.45) is 0 Å². The molecule has 2 rings (SSSR count). The van der Waals surface area contributed by atoms with Gasteiger partial charge in [-0.3, -0.25) is 15.0 Å². The average molecular weight is 287 g/mol. The Morgan fingerprint density at radius 1 is 1.37 bits per heavy atom. The number of β-amino-alcohol motifs (C(OH)–C–C–N with tert-alkyl or cyclic N) is 1. The van der Waals surface area contributed by atoms with E-state index < -0.39 is 4.92 Å². The maximum atomic E-state index is 10.8. The second-order valence-electron chi connectivity index (χ2n) is 4.32. The van der Waals surface area contributed by atoms with E-state index in [1.807, 2.05) is 4.90 Å². The Balaban J connectivity index is 2.09. The van der Waals surface area contributed by atoms with Crippen LogP contribution in [0.5, 0.6) is 0 Å². The lowest BCUT2D eigenvalue weighted by atomic mass is 10.3. The SMILES string of the molecule is O=[N+]([O-])c1cc(Cl)nc(N2CCN(CCO)CC2)c1. The summed E-state index contributed by atoms with van der Waals surface area (Å²) in [4.78, 5) is 18.5. The molecule has 0 aliphatic carbocycles. The van der Waals surface area contributed by atoms with Gasteiger partial charge in [0.15, 0.2) is 0 Å². The van der Waals surface area contributed by atoms with Crippen molar-refractivity contribution in [3.8, 4) is 0 Å². The number of aliphatic hydroxyl groups is 1. The zero-order chi connectivity index (χ0) is 13.8. The number of halogens is 1. The summed E-state index contributed by atoms with van der Waals surface area (Å²) < 4.78 is 0. The number of aromatic nitrogens is 1. The fraction of sp³-hybridized carbons (Fsp3) is 0.545. The predicted octanol–water partition coefficient (Wildman–Crippen LogP) is 0.757. The third kappa shape index (κ3) is 3.52. The van der Waals surface area contributed by atoms with Crippen LogP contribution in [0, 0.1) is 10.1 Å². The molecule has 0 bridgehead atoms. The van der Waals surface area contributed by atoms with Crippen LogP contribution in [0.4, 0.5) is 11.5 Å². The van der Waals surface area contributed by atoms with Crippen molar-refractivity contribution in [3.63, 3.8) is 0 Å². The molecule has 19 heavy (non-hydrogen) atoms. The van der Waals surface area contributed by atoms with Gasteiger partial charge in [-0.15, -0.1) is 0 Å². The number of hydrogen-bond acceptors (Lipinski definition) is 6. The highest BCUT2D eigenvalue weighted by molar-refractivity contribution is 6.29. The van der Waals surface area contributed by atoms with E-state index in [1.54, 1.807) is 0 Å². The third-order valence-corrected chi connectivity index (χ3v) is 3.28. The maximum absolute atomic E-state index is 10.8. The van der Waals surface area contributed by atoms with Gasteiger partial charge in [0.05, 0.1) is 23.7 Å². The van der Waals surface area contributed by atoms with E-state index in [4.69, 9.17) is 16.7 Å². The van der Waals surface area contributed by atoms with Gasteiger partial charge in [-0.2, -0.15) is 0 Å². The van der Waals surface area contributed by atoms with Crippen LogP contribution in [0.3, 0.4) is 0 Å². The highest BCUT2D eigenvalue weighted by atomic mass is 35.5. The molecule has 0 spiro atoms. The van der Waals surface area contributed by atoms with Crippen LogP contribution in [-0.4, -0.2) is 59.2 Å². The van der Waals surface area contributed by atoms with Crippen molar-refractivity contribution in [2.75, 3.05) is 44.2 Å². The molecule has 1 saturated heterocycles. The lowest BCUT2D eigenvalue weighted by Crippen LogP contribution is -2.47. The summed E-state index contributed by atoms with van der Waals surface area (Å²) in [6.45, 7) is 3.80. The second kappa shape index (κ2) is 6.14. The Hall–Kier alpha value is -1.44. The Kier molecular flexibility index (Phi) is 4.52. The Morgan fingerprint density at radius 2 is 2.05 bits per heavy atom. The lowest BCUT2D eigenvalue weighted by molar-refractivity contribution is -0.384. The number of anilines is 1. The first kappa shape index (κ1) is 14.0. The fourth-order valence-corrected chi connectivity index (χ4v) is 2.28. The molecule has 0 amide bonds. The number of nitro groups is 1. The van der Waals surface area contributed by atoms with Crippen LogP contribution in [0.1, 0.15) is 0 Å². The summed E-state index contributed by atoms with van der Waals surface area (Å²) in [6.07, 6.45) is 0. The van der Waals surface area contributed by atoms with Gasteiger partial charge in [0.2, 0.25) is 0 Å². The lowest BCUT2D eigenvalue weighted by Gasteiger charge is -2.34. The van der Waals surface area contributed by atoms with Gasteiger partial charge in [-0.25, -0.2) is 4.98 Å². The normalized spacial score (nSPS) is 16.6. The quantitative estimate of drug-likeness (QED) is 0.500. The number of hydrogen-bond donors (Lipinski definition) is 1. The number of rotatable bonds is 4. The van der Waals surface area contributed by atoms with E-state index in [-0.39, 0.29) is 17.4 Å². The first-order valence-electron chi connectivity index (χ1n) is 6.00. The highest BCUT2D eigenvalue weighted by Gasteiger charge is 2.20. The predicted molar refractivity (Wildman–Crippen MR) is 71.6 cm³/mol. The molecule has 1 fully saturated rings. The van der Waals surface area contributed by atoms with Crippen LogP contribution < -0.4 is 4.90 Å². The molecule has 1 aliphatic rings. The summed E-state index contributed by atoms with van der Waals surface area (Å²) in [7, 11) is 0. The van der Waals surface area contributed by atoms with Crippen molar-refractivity contribution in [1.29, 1.82) is 0 Å². The second-order valence-corrected chi connectivity index (χ2v) is 4.70. The minimum Gasteiger partial charge on any atom is -0.395 e. The van der Waals surface area contributed by atoms with Crippen molar-refractivity contribution in [2.45, 2.75) is 0 Å². The Labute approximate surface area is 115 Å². The van der Waals surface area contributed by atoms with E-state index in [2.05, 4.69) is 9.88 Å². The highest BCUT2D eigenvalue weighted by Crippen LogP contribution is 2.23. The molecule has 2 heterocycles. The zero-order valence-electron chi connectivity index (χ0n) is 10.3. The van der Waals surface area contributed by atoms with Crippen LogP contribution >= 0.6 is 11.6 Å². The summed E-state index contributed by atoms with van der Waals surface area (Å²) in [5, 5.41) is 19.8. The average Bonchev–Trinajstić information content (AvgIpc) is 2.39. The van der Waals surface area contributed by atoms with E-state index in [1.165, 1.54) is 12.1 Å².